The number of hydrogen-bond acceptors (Lipinski definition) is 8. The van der Waals surface area contributed by atoms with Crippen molar-refractivity contribution >= 4 is 17.6 Å². The number of aromatic hydroxyl groups is 1. The zero-order valence-electron chi connectivity index (χ0n) is 16.1. The summed E-state index contributed by atoms with van der Waals surface area (Å²) >= 11 is 0. The van der Waals surface area contributed by atoms with Crippen LogP contribution in [0.15, 0.2) is 40.7 Å². The average Bonchev–Trinajstić information content (AvgIpc) is 2.61. The molecule has 9 nitrogen and oxygen atoms in total. The second-order valence-corrected chi connectivity index (χ2v) is 6.05. The fraction of sp³-hybridized carbons (Fsp3) is 0.368. The van der Waals surface area contributed by atoms with Gasteiger partial charge in [0, 0.05) is 23.0 Å². The minimum absolute atomic E-state index is 0.0421. The summed E-state index contributed by atoms with van der Waals surface area (Å²) in [7, 11) is 0. The number of ether oxygens (including phenoxy) is 2. The Bertz CT molecular complexity index is 846. The van der Waals surface area contributed by atoms with Crippen LogP contribution in [-0.4, -0.2) is 35.2 Å². The van der Waals surface area contributed by atoms with Gasteiger partial charge in [-0.15, -0.1) is 0 Å². The quantitative estimate of drug-likeness (QED) is 0.431. The molecule has 2 N–H and O–H groups in total. The Balaban J connectivity index is 2.77. The standard InChI is InChI=1S/C19H22N2O7/c1-5-27-18(23)14-10(3)20-11(4)15(19(24)28-6-2)16(14)12-8-7-9-13(17(12)22)21(25)26/h7-9,16,20,22H,5-6H2,1-4H3. The van der Waals surface area contributed by atoms with Crippen LogP contribution in [0.25, 0.3) is 0 Å². The van der Waals surface area contributed by atoms with Gasteiger partial charge in [0.1, 0.15) is 0 Å². The molecule has 9 heteroatoms. The summed E-state index contributed by atoms with van der Waals surface area (Å²) in [6, 6.07) is 3.95. The van der Waals surface area contributed by atoms with Crippen LogP contribution in [0.4, 0.5) is 5.69 Å². The molecule has 0 bridgehead atoms. The number of carbonyl (C=O) groups is 2. The van der Waals surface area contributed by atoms with Crippen molar-refractivity contribution in [1.82, 2.24) is 5.32 Å². The summed E-state index contributed by atoms with van der Waals surface area (Å²) in [5.74, 6) is -3.10. The molecule has 0 spiro atoms. The SMILES string of the molecule is CCOC(=O)C1=C(C)NC(C)=C(C(=O)OCC)C1c1cccc([N+](=O)[O-])c1O. The molecule has 1 aromatic carbocycles. The van der Waals surface area contributed by atoms with Crippen molar-refractivity contribution in [1.29, 1.82) is 0 Å². The molecule has 0 atom stereocenters. The number of para-hydroxylation sites is 1. The van der Waals surface area contributed by atoms with Crippen molar-refractivity contribution < 1.29 is 29.1 Å². The van der Waals surface area contributed by atoms with E-state index in [1.807, 2.05) is 0 Å². The smallest absolute Gasteiger partial charge is 0.336 e. The highest BCUT2D eigenvalue weighted by atomic mass is 16.6. The summed E-state index contributed by atoms with van der Waals surface area (Å²) < 4.78 is 10.2. The first-order valence-electron chi connectivity index (χ1n) is 8.73. The number of nitro groups is 1. The Labute approximate surface area is 161 Å². The topological polar surface area (TPSA) is 128 Å². The van der Waals surface area contributed by atoms with Gasteiger partial charge in [-0.25, -0.2) is 9.59 Å². The van der Waals surface area contributed by atoms with Crippen LogP contribution in [0.5, 0.6) is 5.75 Å². The van der Waals surface area contributed by atoms with E-state index >= 15 is 0 Å². The third kappa shape index (κ3) is 3.83. The molecular weight excluding hydrogens is 368 g/mol. The van der Waals surface area contributed by atoms with Crippen LogP contribution in [0.2, 0.25) is 0 Å². The molecule has 0 fully saturated rings. The van der Waals surface area contributed by atoms with E-state index < -0.39 is 34.2 Å². The number of phenolic OH excluding ortho intramolecular Hbond substituents is 1. The van der Waals surface area contributed by atoms with E-state index in [-0.39, 0.29) is 29.9 Å². The first-order valence-corrected chi connectivity index (χ1v) is 8.73. The van der Waals surface area contributed by atoms with Gasteiger partial charge in [0.25, 0.3) is 0 Å². The van der Waals surface area contributed by atoms with Crippen LogP contribution in [-0.2, 0) is 19.1 Å². The van der Waals surface area contributed by atoms with Crippen molar-refractivity contribution in [2.45, 2.75) is 33.6 Å². The van der Waals surface area contributed by atoms with Gasteiger partial charge in [-0.05, 0) is 27.7 Å². The van der Waals surface area contributed by atoms with Crippen LogP contribution in [0, 0.1) is 10.1 Å². The van der Waals surface area contributed by atoms with Gasteiger partial charge < -0.3 is 19.9 Å². The van der Waals surface area contributed by atoms with E-state index in [1.165, 1.54) is 12.1 Å². The number of esters is 2. The second kappa shape index (κ2) is 8.55. The summed E-state index contributed by atoms with van der Waals surface area (Å²) in [5.41, 5.74) is 0.496. The van der Waals surface area contributed by atoms with Gasteiger partial charge in [0.2, 0.25) is 0 Å². The molecule has 150 valence electrons. The zero-order chi connectivity index (χ0) is 21.0. The van der Waals surface area contributed by atoms with Crippen molar-refractivity contribution in [2.75, 3.05) is 13.2 Å². The van der Waals surface area contributed by atoms with Crippen LogP contribution in [0.3, 0.4) is 0 Å². The zero-order valence-corrected chi connectivity index (χ0v) is 16.1. The average molecular weight is 390 g/mol. The molecule has 1 aliphatic heterocycles. The van der Waals surface area contributed by atoms with E-state index in [9.17, 15) is 24.8 Å². The minimum Gasteiger partial charge on any atom is -0.502 e. The lowest BCUT2D eigenvalue weighted by atomic mass is 9.80. The van der Waals surface area contributed by atoms with E-state index in [0.29, 0.717) is 11.4 Å². The number of hydrogen-bond donors (Lipinski definition) is 2. The number of nitrogens with zero attached hydrogens (tertiary/aromatic N) is 1. The number of rotatable bonds is 6. The third-order valence-corrected chi connectivity index (χ3v) is 4.30. The van der Waals surface area contributed by atoms with Gasteiger partial charge >= 0.3 is 17.6 Å². The summed E-state index contributed by atoms with van der Waals surface area (Å²) in [5, 5.41) is 24.7. The number of nitrogens with one attached hydrogen (secondary N) is 1. The largest absolute Gasteiger partial charge is 0.502 e. The first-order chi connectivity index (χ1) is 13.2. The van der Waals surface area contributed by atoms with Crippen molar-refractivity contribution in [2.24, 2.45) is 0 Å². The highest BCUT2D eigenvalue weighted by Gasteiger charge is 2.40. The maximum absolute atomic E-state index is 12.6. The molecule has 1 aliphatic rings. The number of carbonyl (C=O) groups excluding carboxylic acids is 2. The highest BCUT2D eigenvalue weighted by Crippen LogP contribution is 2.45. The Kier molecular flexibility index (Phi) is 6.40. The maximum Gasteiger partial charge on any atom is 0.336 e. The Hall–Kier alpha value is -3.36. The van der Waals surface area contributed by atoms with Crippen molar-refractivity contribution in [3.63, 3.8) is 0 Å². The highest BCUT2D eigenvalue weighted by molar-refractivity contribution is 6.00. The van der Waals surface area contributed by atoms with Crippen LogP contribution in [0.1, 0.15) is 39.2 Å². The molecule has 0 aromatic heterocycles. The van der Waals surface area contributed by atoms with E-state index in [2.05, 4.69) is 5.32 Å². The first kappa shape index (κ1) is 20.9. The molecule has 1 aromatic rings. The predicted molar refractivity (Wildman–Crippen MR) is 99.3 cm³/mol. The van der Waals surface area contributed by atoms with Gasteiger partial charge in [-0.3, -0.25) is 10.1 Å². The molecule has 0 radical (unpaired) electrons. The summed E-state index contributed by atoms with van der Waals surface area (Å²) in [6.07, 6.45) is 0. The van der Waals surface area contributed by atoms with Crippen LogP contribution >= 0.6 is 0 Å². The summed E-state index contributed by atoms with van der Waals surface area (Å²) in [6.45, 7) is 6.72. The molecule has 0 saturated heterocycles. The lowest BCUT2D eigenvalue weighted by Crippen LogP contribution is -2.32. The number of phenols is 1. The molecule has 28 heavy (non-hydrogen) atoms. The minimum atomic E-state index is -1.08. The molecule has 0 aliphatic carbocycles. The maximum atomic E-state index is 12.6. The molecule has 0 saturated carbocycles. The van der Waals surface area contributed by atoms with Gasteiger partial charge in [-0.1, -0.05) is 12.1 Å². The molecule has 2 rings (SSSR count). The Morgan fingerprint density at radius 1 is 1.11 bits per heavy atom. The molecule has 1 heterocycles. The van der Waals surface area contributed by atoms with Gasteiger partial charge in [0.15, 0.2) is 5.75 Å². The van der Waals surface area contributed by atoms with E-state index in [0.717, 1.165) is 6.07 Å². The predicted octanol–water partition coefficient (Wildman–Crippen LogP) is 2.66. The number of dihydropyridines is 1. The third-order valence-electron chi connectivity index (χ3n) is 4.30. The molecule has 0 amide bonds. The number of benzene rings is 1. The molecular formula is C19H22N2O7. The van der Waals surface area contributed by atoms with Crippen LogP contribution < -0.4 is 5.32 Å². The van der Waals surface area contributed by atoms with E-state index in [4.69, 9.17) is 9.47 Å². The van der Waals surface area contributed by atoms with Crippen molar-refractivity contribution in [3.05, 3.63) is 56.4 Å². The monoisotopic (exact) mass is 390 g/mol. The van der Waals surface area contributed by atoms with Gasteiger partial charge in [-0.2, -0.15) is 0 Å². The second-order valence-electron chi connectivity index (χ2n) is 6.05. The van der Waals surface area contributed by atoms with E-state index in [1.54, 1.807) is 27.7 Å². The Morgan fingerprint density at radius 3 is 2.04 bits per heavy atom. The van der Waals surface area contributed by atoms with Crippen molar-refractivity contribution in [3.8, 4) is 5.75 Å². The lowest BCUT2D eigenvalue weighted by Gasteiger charge is -2.30. The Morgan fingerprint density at radius 2 is 1.61 bits per heavy atom. The molecule has 0 unspecified atom stereocenters. The summed E-state index contributed by atoms with van der Waals surface area (Å²) in [4.78, 5) is 35.8. The number of allylic oxidation sites excluding steroid dienone is 2. The normalized spacial score (nSPS) is 14.6. The lowest BCUT2D eigenvalue weighted by molar-refractivity contribution is -0.385. The van der Waals surface area contributed by atoms with Gasteiger partial charge in [0.05, 0.1) is 35.2 Å². The fourth-order valence-electron chi connectivity index (χ4n) is 3.19. The number of nitro benzene ring substituents is 1. The fourth-order valence-corrected chi connectivity index (χ4v) is 3.19.